The molecule has 0 spiro atoms. The average molecular weight is 339 g/mol. The van der Waals surface area contributed by atoms with Crippen LogP contribution in [0.2, 0.25) is 0 Å². The second kappa shape index (κ2) is 7.53. The van der Waals surface area contributed by atoms with Crippen molar-refractivity contribution < 1.29 is 0 Å². The molecule has 0 atom stereocenters. The van der Waals surface area contributed by atoms with Crippen LogP contribution in [0.25, 0.3) is 16.8 Å². The van der Waals surface area contributed by atoms with Gasteiger partial charge in [0.25, 0.3) is 5.56 Å². The molecule has 0 saturated carbocycles. The van der Waals surface area contributed by atoms with Gasteiger partial charge in [-0.1, -0.05) is 26.0 Å². The van der Waals surface area contributed by atoms with Crippen LogP contribution < -0.4 is 5.56 Å². The first kappa shape index (κ1) is 16.6. The summed E-state index contributed by atoms with van der Waals surface area (Å²) >= 11 is 1.84. The molecule has 3 rings (SSSR count). The molecule has 2 heterocycles. The van der Waals surface area contributed by atoms with Crippen molar-refractivity contribution >= 4 is 11.8 Å². The van der Waals surface area contributed by atoms with Crippen LogP contribution in [0.5, 0.6) is 0 Å². The summed E-state index contributed by atoms with van der Waals surface area (Å²) in [4.78, 5) is 13.1. The molecule has 0 saturated heterocycles. The Morgan fingerprint density at radius 1 is 1.00 bits per heavy atom. The van der Waals surface area contributed by atoms with E-state index < -0.39 is 0 Å². The molecule has 24 heavy (non-hydrogen) atoms. The predicted octanol–water partition coefficient (Wildman–Crippen LogP) is 4.22. The van der Waals surface area contributed by atoms with Crippen molar-refractivity contribution in [2.45, 2.75) is 31.7 Å². The topological polar surface area (TPSA) is 39.8 Å². The normalized spacial score (nSPS) is 10.9. The minimum absolute atomic E-state index is 0.0250. The predicted molar refractivity (Wildman–Crippen MR) is 99.9 cm³/mol. The van der Waals surface area contributed by atoms with Crippen molar-refractivity contribution in [3.63, 3.8) is 0 Å². The molecule has 124 valence electrons. The fourth-order valence-electron chi connectivity index (χ4n) is 2.59. The summed E-state index contributed by atoms with van der Waals surface area (Å²) in [5.74, 6) is 1.07. The van der Waals surface area contributed by atoms with E-state index in [0.29, 0.717) is 0 Å². The van der Waals surface area contributed by atoms with E-state index in [2.05, 4.69) is 43.2 Å². The van der Waals surface area contributed by atoms with E-state index in [-0.39, 0.29) is 5.56 Å². The SMILES string of the molecule is CCCn1cc(-n2cc(-c3ccc(SCC)cc3)cn2)ccc1=O. The van der Waals surface area contributed by atoms with Crippen LogP contribution in [-0.4, -0.2) is 20.1 Å². The van der Waals surface area contributed by atoms with Crippen molar-refractivity contribution in [1.82, 2.24) is 14.3 Å². The summed E-state index contributed by atoms with van der Waals surface area (Å²) in [6, 6.07) is 11.9. The monoisotopic (exact) mass is 339 g/mol. The highest BCUT2D eigenvalue weighted by Gasteiger charge is 2.05. The molecule has 3 aromatic rings. The molecule has 0 aliphatic carbocycles. The molecular formula is C19H21N3OS. The number of nitrogens with zero attached hydrogens (tertiary/aromatic N) is 3. The van der Waals surface area contributed by atoms with E-state index in [0.717, 1.165) is 35.5 Å². The lowest BCUT2D eigenvalue weighted by Gasteiger charge is -2.06. The maximum absolute atomic E-state index is 11.8. The Balaban J connectivity index is 1.87. The first-order valence-corrected chi connectivity index (χ1v) is 9.18. The van der Waals surface area contributed by atoms with Gasteiger partial charge >= 0.3 is 0 Å². The largest absolute Gasteiger partial charge is 0.313 e. The second-order valence-corrected chi connectivity index (χ2v) is 6.89. The highest BCUT2D eigenvalue weighted by molar-refractivity contribution is 7.99. The Morgan fingerprint density at radius 2 is 1.79 bits per heavy atom. The van der Waals surface area contributed by atoms with Crippen LogP contribution >= 0.6 is 11.8 Å². The maximum Gasteiger partial charge on any atom is 0.250 e. The second-order valence-electron chi connectivity index (χ2n) is 5.55. The highest BCUT2D eigenvalue weighted by atomic mass is 32.2. The van der Waals surface area contributed by atoms with Gasteiger partial charge in [0, 0.05) is 35.5 Å². The zero-order valence-corrected chi connectivity index (χ0v) is 14.8. The minimum Gasteiger partial charge on any atom is -0.313 e. The molecule has 0 amide bonds. The Morgan fingerprint density at radius 3 is 2.50 bits per heavy atom. The molecule has 0 unspecified atom stereocenters. The molecule has 0 fully saturated rings. The molecule has 0 N–H and O–H groups in total. The summed E-state index contributed by atoms with van der Waals surface area (Å²) in [5.41, 5.74) is 3.13. The molecule has 4 nitrogen and oxygen atoms in total. The number of hydrogen-bond acceptors (Lipinski definition) is 3. The fourth-order valence-corrected chi connectivity index (χ4v) is 3.26. The molecule has 0 aliphatic rings. The maximum atomic E-state index is 11.8. The van der Waals surface area contributed by atoms with Crippen LogP contribution in [0.1, 0.15) is 20.3 Å². The van der Waals surface area contributed by atoms with Crippen molar-refractivity contribution in [3.8, 4) is 16.8 Å². The van der Waals surface area contributed by atoms with Gasteiger partial charge in [-0.25, -0.2) is 4.68 Å². The lowest BCUT2D eigenvalue weighted by Crippen LogP contribution is -2.19. The van der Waals surface area contributed by atoms with Crippen LogP contribution in [0.3, 0.4) is 0 Å². The summed E-state index contributed by atoms with van der Waals surface area (Å²) in [7, 11) is 0. The molecular weight excluding hydrogens is 318 g/mol. The summed E-state index contributed by atoms with van der Waals surface area (Å²) < 4.78 is 3.54. The highest BCUT2D eigenvalue weighted by Crippen LogP contribution is 2.24. The van der Waals surface area contributed by atoms with Gasteiger partial charge in [0.2, 0.25) is 0 Å². The van der Waals surface area contributed by atoms with E-state index in [1.807, 2.05) is 41.1 Å². The molecule has 0 radical (unpaired) electrons. The van der Waals surface area contributed by atoms with Gasteiger partial charge in [0.05, 0.1) is 11.9 Å². The molecule has 1 aromatic carbocycles. The van der Waals surface area contributed by atoms with E-state index in [1.54, 1.807) is 10.6 Å². The smallest absolute Gasteiger partial charge is 0.250 e. The van der Waals surface area contributed by atoms with Gasteiger partial charge in [-0.3, -0.25) is 4.79 Å². The van der Waals surface area contributed by atoms with Crippen LogP contribution in [0.4, 0.5) is 0 Å². The fraction of sp³-hybridized carbons (Fsp3) is 0.263. The van der Waals surface area contributed by atoms with Crippen molar-refractivity contribution in [2.75, 3.05) is 5.75 Å². The standard InChI is InChI=1S/C19H21N3OS/c1-3-11-21-14-17(7-10-19(21)23)22-13-16(12-20-22)15-5-8-18(9-6-15)24-4-2/h5-10,12-14H,3-4,11H2,1-2H3. The van der Waals surface area contributed by atoms with Gasteiger partial charge in [0.1, 0.15) is 0 Å². The Hall–Kier alpha value is -2.27. The molecule has 5 heteroatoms. The minimum atomic E-state index is 0.0250. The number of pyridine rings is 1. The van der Waals surface area contributed by atoms with Crippen molar-refractivity contribution in [1.29, 1.82) is 0 Å². The van der Waals surface area contributed by atoms with Crippen molar-refractivity contribution in [3.05, 3.63) is 65.3 Å². The first-order valence-electron chi connectivity index (χ1n) is 8.20. The zero-order valence-electron chi connectivity index (χ0n) is 14.0. The molecule has 2 aromatic heterocycles. The third kappa shape index (κ3) is 3.62. The van der Waals surface area contributed by atoms with Gasteiger partial charge < -0.3 is 4.57 Å². The summed E-state index contributed by atoms with van der Waals surface area (Å²) in [6.07, 6.45) is 6.65. The van der Waals surface area contributed by atoms with E-state index >= 15 is 0 Å². The van der Waals surface area contributed by atoms with Gasteiger partial charge in [-0.2, -0.15) is 5.10 Å². The Kier molecular flexibility index (Phi) is 5.20. The Labute approximate surface area is 146 Å². The van der Waals surface area contributed by atoms with Crippen molar-refractivity contribution in [2.24, 2.45) is 0 Å². The Bertz CT molecular complexity index is 865. The lowest BCUT2D eigenvalue weighted by molar-refractivity contribution is 0.648. The molecule has 0 bridgehead atoms. The number of benzene rings is 1. The number of rotatable bonds is 6. The number of thioether (sulfide) groups is 1. The summed E-state index contributed by atoms with van der Waals surface area (Å²) in [6.45, 7) is 4.93. The van der Waals surface area contributed by atoms with Crippen LogP contribution in [0, 0.1) is 0 Å². The number of aromatic nitrogens is 3. The number of aryl methyl sites for hydroxylation is 1. The lowest BCUT2D eigenvalue weighted by atomic mass is 10.1. The van der Waals surface area contributed by atoms with Crippen LogP contribution in [-0.2, 0) is 6.54 Å². The van der Waals surface area contributed by atoms with E-state index in [9.17, 15) is 4.79 Å². The quantitative estimate of drug-likeness (QED) is 0.631. The third-order valence-corrected chi connectivity index (χ3v) is 4.67. The summed E-state index contributed by atoms with van der Waals surface area (Å²) in [5, 5.41) is 4.45. The van der Waals surface area contributed by atoms with Crippen LogP contribution in [0.15, 0.2) is 64.7 Å². The van der Waals surface area contributed by atoms with E-state index in [1.165, 1.54) is 4.90 Å². The average Bonchev–Trinajstić information content (AvgIpc) is 3.08. The van der Waals surface area contributed by atoms with Gasteiger partial charge in [-0.15, -0.1) is 11.8 Å². The zero-order chi connectivity index (χ0) is 16.9. The number of hydrogen-bond donors (Lipinski definition) is 0. The van der Waals surface area contributed by atoms with Gasteiger partial charge in [0.15, 0.2) is 0 Å². The van der Waals surface area contributed by atoms with Gasteiger partial charge in [-0.05, 0) is 35.9 Å². The molecule has 0 aliphatic heterocycles. The first-order chi connectivity index (χ1) is 11.7. The third-order valence-electron chi connectivity index (χ3n) is 3.78. The van der Waals surface area contributed by atoms with E-state index in [4.69, 9.17) is 0 Å².